The second kappa shape index (κ2) is 10.7. The smallest absolute Gasteiger partial charge is 0.319 e. The Morgan fingerprint density at radius 1 is 1.17 bits per heavy atom. The third-order valence-corrected chi connectivity index (χ3v) is 6.25. The number of imidazole rings is 1. The van der Waals surface area contributed by atoms with Gasteiger partial charge < -0.3 is 25.3 Å². The molecule has 1 aromatic heterocycles. The van der Waals surface area contributed by atoms with Crippen LogP contribution < -0.4 is 20.3 Å². The molecule has 1 fully saturated rings. The van der Waals surface area contributed by atoms with Crippen LogP contribution in [0.2, 0.25) is 5.02 Å². The number of rotatable bonds is 7. The maximum absolute atomic E-state index is 12.1. The van der Waals surface area contributed by atoms with E-state index in [4.69, 9.17) is 21.3 Å². The molecule has 0 unspecified atom stereocenters. The highest BCUT2D eigenvalue weighted by Gasteiger charge is 2.20. The van der Waals surface area contributed by atoms with Crippen molar-refractivity contribution >= 4 is 40.0 Å². The third kappa shape index (κ3) is 6.58. The van der Waals surface area contributed by atoms with Gasteiger partial charge in [-0.2, -0.15) is 0 Å². The van der Waals surface area contributed by atoms with Crippen molar-refractivity contribution in [3.63, 3.8) is 0 Å². The molecular weight excluding hydrogens is 464 g/mol. The fourth-order valence-corrected chi connectivity index (χ4v) is 4.39. The summed E-state index contributed by atoms with van der Waals surface area (Å²) < 4.78 is 5.93. The van der Waals surface area contributed by atoms with Crippen molar-refractivity contribution in [2.45, 2.75) is 39.7 Å². The molecule has 0 aliphatic carbocycles. The van der Waals surface area contributed by atoms with E-state index in [-0.39, 0.29) is 11.6 Å². The molecule has 1 saturated heterocycles. The zero-order valence-corrected chi connectivity index (χ0v) is 21.7. The molecule has 0 radical (unpaired) electrons. The Balaban J connectivity index is 1.24. The lowest BCUT2D eigenvalue weighted by Crippen LogP contribution is -2.47. The summed E-state index contributed by atoms with van der Waals surface area (Å²) in [6.07, 6.45) is 0.902. The van der Waals surface area contributed by atoms with Crippen molar-refractivity contribution in [3.8, 4) is 5.75 Å². The molecular formula is C26H35ClN6O2. The molecule has 35 heavy (non-hydrogen) atoms. The van der Waals surface area contributed by atoms with Gasteiger partial charge in [-0.25, -0.2) is 9.78 Å². The van der Waals surface area contributed by atoms with Crippen LogP contribution in [0.25, 0.3) is 11.0 Å². The van der Waals surface area contributed by atoms with Gasteiger partial charge in [0, 0.05) is 50.7 Å². The average molecular weight is 499 g/mol. The minimum Gasteiger partial charge on any atom is -0.492 e. The number of hydrogen-bond donors (Lipinski definition) is 3. The van der Waals surface area contributed by atoms with Crippen LogP contribution in [0.1, 0.15) is 33.5 Å². The lowest BCUT2D eigenvalue weighted by atomic mass is 10.1. The third-order valence-electron chi connectivity index (χ3n) is 5.94. The van der Waals surface area contributed by atoms with Gasteiger partial charge in [0.15, 0.2) is 0 Å². The number of H-pyrrole nitrogens is 1. The van der Waals surface area contributed by atoms with Gasteiger partial charge in [-0.05, 0) is 45.0 Å². The number of halogens is 1. The summed E-state index contributed by atoms with van der Waals surface area (Å²) in [6.45, 7) is 13.1. The predicted octanol–water partition coefficient (Wildman–Crippen LogP) is 4.90. The van der Waals surface area contributed by atoms with E-state index in [1.807, 2.05) is 26.8 Å². The highest BCUT2D eigenvalue weighted by atomic mass is 35.5. The number of aryl methyl sites for hydroxylation is 1. The number of para-hydroxylation sites is 1. The molecule has 3 aromatic rings. The summed E-state index contributed by atoms with van der Waals surface area (Å²) in [7, 11) is 0. The number of urea groups is 1. The molecule has 4 rings (SSSR count). The second-order valence-corrected chi connectivity index (χ2v) is 10.3. The Morgan fingerprint density at radius 3 is 2.63 bits per heavy atom. The number of piperazine rings is 1. The highest BCUT2D eigenvalue weighted by molar-refractivity contribution is 6.33. The van der Waals surface area contributed by atoms with Gasteiger partial charge in [0.05, 0.1) is 21.9 Å². The van der Waals surface area contributed by atoms with E-state index in [0.29, 0.717) is 23.1 Å². The molecule has 2 amide bonds. The number of nitrogens with one attached hydrogen (secondary N) is 3. The standard InChI is InChI=1S/C26H35ClN6O2/c1-5-23-28-21-7-6-8-22(24(21)30-23)33-13-11-32(12-14-33)15-16-35-18-9-10-20(19(27)17-18)29-25(34)31-26(2,3)4/h6-10,17H,5,11-16H2,1-4H3,(H,28,30)(H2,29,31,34). The lowest BCUT2D eigenvalue weighted by molar-refractivity contribution is 0.200. The van der Waals surface area contributed by atoms with Gasteiger partial charge in [0.1, 0.15) is 23.7 Å². The molecule has 9 heteroatoms. The largest absolute Gasteiger partial charge is 0.492 e. The van der Waals surface area contributed by atoms with Gasteiger partial charge >= 0.3 is 6.03 Å². The molecule has 0 atom stereocenters. The van der Waals surface area contributed by atoms with E-state index in [0.717, 1.165) is 56.0 Å². The Labute approximate surface area is 212 Å². The van der Waals surface area contributed by atoms with Crippen molar-refractivity contribution in [2.24, 2.45) is 0 Å². The number of hydrogen-bond acceptors (Lipinski definition) is 5. The van der Waals surface area contributed by atoms with Crippen LogP contribution in [-0.2, 0) is 6.42 Å². The summed E-state index contributed by atoms with van der Waals surface area (Å²) in [5.74, 6) is 1.72. The van der Waals surface area contributed by atoms with Crippen LogP contribution in [-0.4, -0.2) is 65.8 Å². The summed E-state index contributed by atoms with van der Waals surface area (Å²) in [5.41, 5.74) is 3.59. The van der Waals surface area contributed by atoms with Crippen molar-refractivity contribution in [2.75, 3.05) is 49.5 Å². The molecule has 0 spiro atoms. The SMILES string of the molecule is CCc1nc2c(N3CCN(CCOc4ccc(NC(=O)NC(C)(C)C)c(Cl)c4)CC3)cccc2[nH]1. The zero-order valence-electron chi connectivity index (χ0n) is 20.9. The van der Waals surface area contributed by atoms with Gasteiger partial charge in [-0.15, -0.1) is 0 Å². The first kappa shape index (κ1) is 25.1. The molecule has 1 aliphatic heterocycles. The van der Waals surface area contributed by atoms with Gasteiger partial charge in [0.25, 0.3) is 0 Å². The molecule has 0 bridgehead atoms. The topological polar surface area (TPSA) is 85.5 Å². The van der Waals surface area contributed by atoms with Crippen LogP contribution in [0, 0.1) is 0 Å². The van der Waals surface area contributed by atoms with Crippen LogP contribution in [0.3, 0.4) is 0 Å². The molecule has 0 saturated carbocycles. The zero-order chi connectivity index (χ0) is 25.0. The van der Waals surface area contributed by atoms with Crippen LogP contribution in [0.15, 0.2) is 36.4 Å². The summed E-state index contributed by atoms with van der Waals surface area (Å²) in [5, 5.41) is 6.07. The fraction of sp³-hybridized carbons (Fsp3) is 0.462. The number of amides is 2. The molecule has 2 aromatic carbocycles. The summed E-state index contributed by atoms with van der Waals surface area (Å²) in [6, 6.07) is 11.4. The number of fused-ring (bicyclic) bond motifs is 1. The van der Waals surface area contributed by atoms with Crippen molar-refractivity contribution in [3.05, 3.63) is 47.2 Å². The quantitative estimate of drug-likeness (QED) is 0.431. The molecule has 3 N–H and O–H groups in total. The lowest BCUT2D eigenvalue weighted by Gasteiger charge is -2.36. The molecule has 8 nitrogen and oxygen atoms in total. The first-order chi connectivity index (χ1) is 16.7. The Morgan fingerprint density at radius 2 is 1.94 bits per heavy atom. The van der Waals surface area contributed by atoms with E-state index in [9.17, 15) is 4.79 Å². The second-order valence-electron chi connectivity index (χ2n) is 9.86. The fourth-order valence-electron chi connectivity index (χ4n) is 4.18. The Kier molecular flexibility index (Phi) is 7.72. The van der Waals surface area contributed by atoms with Crippen LogP contribution >= 0.6 is 11.6 Å². The van der Waals surface area contributed by atoms with Gasteiger partial charge in [0.2, 0.25) is 0 Å². The monoisotopic (exact) mass is 498 g/mol. The van der Waals surface area contributed by atoms with E-state index in [1.54, 1.807) is 12.1 Å². The molecule has 1 aliphatic rings. The number of carbonyl (C=O) groups is 1. The molecule has 2 heterocycles. The number of aromatic nitrogens is 2. The van der Waals surface area contributed by atoms with E-state index < -0.39 is 0 Å². The molecule has 188 valence electrons. The minimum absolute atomic E-state index is 0.290. The number of carbonyl (C=O) groups excluding carboxylic acids is 1. The number of nitrogens with zero attached hydrogens (tertiary/aromatic N) is 3. The number of benzene rings is 2. The van der Waals surface area contributed by atoms with Crippen molar-refractivity contribution < 1.29 is 9.53 Å². The Bertz CT molecular complexity index is 1160. The average Bonchev–Trinajstić information content (AvgIpc) is 3.24. The normalized spacial score (nSPS) is 14.8. The number of ether oxygens (including phenoxy) is 1. The van der Waals surface area contributed by atoms with Gasteiger partial charge in [-0.1, -0.05) is 24.6 Å². The summed E-state index contributed by atoms with van der Waals surface area (Å²) in [4.78, 5) is 25.1. The first-order valence-electron chi connectivity index (χ1n) is 12.2. The highest BCUT2D eigenvalue weighted by Crippen LogP contribution is 2.28. The van der Waals surface area contributed by atoms with Crippen LogP contribution in [0.4, 0.5) is 16.2 Å². The van der Waals surface area contributed by atoms with E-state index in [2.05, 4.69) is 50.5 Å². The Hall–Kier alpha value is -2.97. The van der Waals surface area contributed by atoms with Crippen LogP contribution in [0.5, 0.6) is 5.75 Å². The van der Waals surface area contributed by atoms with E-state index >= 15 is 0 Å². The minimum atomic E-state index is -0.323. The number of anilines is 2. The van der Waals surface area contributed by atoms with Crippen molar-refractivity contribution in [1.82, 2.24) is 20.2 Å². The van der Waals surface area contributed by atoms with E-state index in [1.165, 1.54) is 5.69 Å². The number of aromatic amines is 1. The maximum Gasteiger partial charge on any atom is 0.319 e. The summed E-state index contributed by atoms with van der Waals surface area (Å²) >= 11 is 6.35. The van der Waals surface area contributed by atoms with Gasteiger partial charge in [-0.3, -0.25) is 4.90 Å². The predicted molar refractivity (Wildman–Crippen MR) is 143 cm³/mol. The van der Waals surface area contributed by atoms with Crippen molar-refractivity contribution in [1.29, 1.82) is 0 Å². The first-order valence-corrected chi connectivity index (χ1v) is 12.6. The maximum atomic E-state index is 12.1.